The van der Waals surface area contributed by atoms with Gasteiger partial charge in [0, 0.05) is 25.3 Å². The smallest absolute Gasteiger partial charge is 0.265 e. The lowest BCUT2D eigenvalue weighted by Gasteiger charge is -2.13. The molecule has 0 saturated heterocycles. The highest BCUT2D eigenvalue weighted by molar-refractivity contribution is 7.92. The number of sulfonamides is 1. The van der Waals surface area contributed by atoms with Crippen LogP contribution in [0.4, 0.5) is 10.1 Å². The molecule has 0 aliphatic heterocycles. The third-order valence-electron chi connectivity index (χ3n) is 3.21. The Morgan fingerprint density at radius 1 is 1.12 bits per heavy atom. The second-order valence-electron chi connectivity index (χ2n) is 5.18. The zero-order chi connectivity index (χ0) is 17.9. The normalized spacial score (nSPS) is 11.0. The van der Waals surface area contributed by atoms with Gasteiger partial charge in [-0.05, 0) is 42.5 Å². The molecule has 6 nitrogen and oxygen atoms in total. The molecule has 128 valence electrons. The lowest BCUT2D eigenvalue weighted by Crippen LogP contribution is -2.21. The number of ether oxygens (including phenoxy) is 1. The zero-order valence-electron chi connectivity index (χ0n) is 13.4. The van der Waals surface area contributed by atoms with Gasteiger partial charge in [-0.1, -0.05) is 0 Å². The maximum absolute atomic E-state index is 13.4. The number of carbonyl (C=O) groups excluding carboxylic acids is 1. The van der Waals surface area contributed by atoms with Crippen LogP contribution in [0.1, 0.15) is 10.4 Å². The first-order valence-electron chi connectivity index (χ1n) is 6.92. The molecular formula is C16H17FN2O4S. The number of benzene rings is 2. The Morgan fingerprint density at radius 3 is 2.29 bits per heavy atom. The van der Waals surface area contributed by atoms with E-state index in [9.17, 15) is 17.6 Å². The highest BCUT2D eigenvalue weighted by atomic mass is 32.2. The third-order valence-corrected chi connectivity index (χ3v) is 4.61. The van der Waals surface area contributed by atoms with Crippen LogP contribution in [0.2, 0.25) is 0 Å². The van der Waals surface area contributed by atoms with Gasteiger partial charge < -0.3 is 9.64 Å². The van der Waals surface area contributed by atoms with E-state index in [4.69, 9.17) is 4.74 Å². The summed E-state index contributed by atoms with van der Waals surface area (Å²) in [4.78, 5) is 12.9. The second-order valence-corrected chi connectivity index (χ2v) is 6.83. The third kappa shape index (κ3) is 3.83. The molecule has 0 aromatic heterocycles. The van der Waals surface area contributed by atoms with Gasteiger partial charge in [-0.2, -0.15) is 0 Å². The molecule has 24 heavy (non-hydrogen) atoms. The van der Waals surface area contributed by atoms with Crippen LogP contribution in [0, 0.1) is 5.82 Å². The van der Waals surface area contributed by atoms with Crippen molar-refractivity contribution in [1.82, 2.24) is 4.90 Å². The van der Waals surface area contributed by atoms with E-state index in [1.165, 1.54) is 42.3 Å². The second kappa shape index (κ2) is 6.88. The lowest BCUT2D eigenvalue weighted by molar-refractivity contribution is 0.0827. The van der Waals surface area contributed by atoms with Crippen LogP contribution in [-0.2, 0) is 10.0 Å². The molecule has 2 aromatic rings. The van der Waals surface area contributed by atoms with Gasteiger partial charge in [0.15, 0.2) is 0 Å². The standard InChI is InChI=1S/C16H17FN2O4S/c1-19(2)16(20)11-4-7-13(8-5-11)18-24(21,22)15-10-12(17)6-9-14(15)23-3/h4-10,18H,1-3H3. The monoisotopic (exact) mass is 352 g/mol. The average Bonchev–Trinajstić information content (AvgIpc) is 2.54. The van der Waals surface area contributed by atoms with E-state index < -0.39 is 15.8 Å². The molecule has 0 unspecified atom stereocenters. The summed E-state index contributed by atoms with van der Waals surface area (Å²) in [6.45, 7) is 0. The molecule has 0 radical (unpaired) electrons. The van der Waals surface area contributed by atoms with Crippen LogP contribution in [0.3, 0.4) is 0 Å². The molecule has 0 aliphatic rings. The van der Waals surface area contributed by atoms with Crippen molar-refractivity contribution in [2.75, 3.05) is 25.9 Å². The topological polar surface area (TPSA) is 75.7 Å². The maximum atomic E-state index is 13.4. The van der Waals surface area contributed by atoms with E-state index in [0.29, 0.717) is 5.56 Å². The number of hydrogen-bond donors (Lipinski definition) is 1. The van der Waals surface area contributed by atoms with Crippen LogP contribution in [0.15, 0.2) is 47.4 Å². The van der Waals surface area contributed by atoms with Gasteiger partial charge in [-0.25, -0.2) is 12.8 Å². The Labute approximate surface area is 139 Å². The zero-order valence-corrected chi connectivity index (χ0v) is 14.2. The van der Waals surface area contributed by atoms with Crippen LogP contribution in [-0.4, -0.2) is 40.4 Å². The summed E-state index contributed by atoms with van der Waals surface area (Å²) in [7, 11) is 0.502. The Morgan fingerprint density at radius 2 is 1.75 bits per heavy atom. The van der Waals surface area contributed by atoms with E-state index in [1.807, 2.05) is 0 Å². The van der Waals surface area contributed by atoms with E-state index in [-0.39, 0.29) is 22.2 Å². The van der Waals surface area contributed by atoms with Crippen molar-refractivity contribution >= 4 is 21.6 Å². The number of rotatable bonds is 5. The van der Waals surface area contributed by atoms with Crippen molar-refractivity contribution in [2.45, 2.75) is 4.90 Å². The Hall–Kier alpha value is -2.61. The predicted molar refractivity (Wildman–Crippen MR) is 88.2 cm³/mol. The first kappa shape index (κ1) is 17.7. The maximum Gasteiger partial charge on any atom is 0.265 e. The highest BCUT2D eigenvalue weighted by Gasteiger charge is 2.20. The van der Waals surface area contributed by atoms with Crippen LogP contribution in [0.25, 0.3) is 0 Å². The largest absolute Gasteiger partial charge is 0.495 e. The number of nitrogens with one attached hydrogen (secondary N) is 1. The van der Waals surface area contributed by atoms with E-state index in [1.54, 1.807) is 14.1 Å². The van der Waals surface area contributed by atoms with Crippen molar-refractivity contribution in [2.24, 2.45) is 0 Å². The molecule has 0 fully saturated rings. The number of hydrogen-bond acceptors (Lipinski definition) is 4. The van der Waals surface area contributed by atoms with Crippen LogP contribution in [0.5, 0.6) is 5.75 Å². The van der Waals surface area contributed by atoms with Crippen LogP contribution >= 0.6 is 0 Å². The molecule has 2 aromatic carbocycles. The summed E-state index contributed by atoms with van der Waals surface area (Å²) < 4.78 is 45.5. The Balaban J connectivity index is 2.30. The predicted octanol–water partition coefficient (Wildman–Crippen LogP) is 2.34. The summed E-state index contributed by atoms with van der Waals surface area (Å²) in [5.74, 6) is -0.859. The fraction of sp³-hybridized carbons (Fsp3) is 0.188. The molecule has 1 amide bonds. The van der Waals surface area contributed by atoms with Crippen molar-refractivity contribution in [1.29, 1.82) is 0 Å². The van der Waals surface area contributed by atoms with Crippen molar-refractivity contribution in [3.05, 3.63) is 53.8 Å². The van der Waals surface area contributed by atoms with Gasteiger partial charge in [0.1, 0.15) is 16.5 Å². The number of carbonyl (C=O) groups is 1. The number of anilines is 1. The molecule has 0 bridgehead atoms. The first-order chi connectivity index (χ1) is 11.2. The molecule has 0 aliphatic carbocycles. The summed E-state index contributed by atoms with van der Waals surface area (Å²) in [5, 5.41) is 0. The quantitative estimate of drug-likeness (QED) is 0.896. The van der Waals surface area contributed by atoms with Gasteiger partial charge in [0.05, 0.1) is 7.11 Å². The van der Waals surface area contributed by atoms with E-state index >= 15 is 0 Å². The molecule has 8 heteroatoms. The van der Waals surface area contributed by atoms with Gasteiger partial charge >= 0.3 is 0 Å². The van der Waals surface area contributed by atoms with Crippen molar-refractivity contribution < 1.29 is 22.3 Å². The van der Waals surface area contributed by atoms with Gasteiger partial charge in [0.2, 0.25) is 0 Å². The molecular weight excluding hydrogens is 335 g/mol. The van der Waals surface area contributed by atoms with Crippen molar-refractivity contribution in [3.63, 3.8) is 0 Å². The molecule has 0 heterocycles. The van der Waals surface area contributed by atoms with Gasteiger partial charge in [-0.15, -0.1) is 0 Å². The summed E-state index contributed by atoms with van der Waals surface area (Å²) in [5.41, 5.74) is 0.669. The molecule has 0 atom stereocenters. The van der Waals surface area contributed by atoms with Crippen LogP contribution < -0.4 is 9.46 Å². The van der Waals surface area contributed by atoms with Gasteiger partial charge in [-0.3, -0.25) is 9.52 Å². The van der Waals surface area contributed by atoms with E-state index in [2.05, 4.69) is 4.72 Å². The average molecular weight is 352 g/mol. The highest BCUT2D eigenvalue weighted by Crippen LogP contribution is 2.26. The van der Waals surface area contributed by atoms with Crippen molar-refractivity contribution in [3.8, 4) is 5.75 Å². The molecule has 2 rings (SSSR count). The Bertz CT molecular complexity index is 849. The summed E-state index contributed by atoms with van der Waals surface area (Å²) in [6, 6.07) is 9.15. The summed E-state index contributed by atoms with van der Waals surface area (Å²) >= 11 is 0. The number of halogens is 1. The molecule has 0 saturated carbocycles. The van der Waals surface area contributed by atoms with E-state index in [0.717, 1.165) is 12.1 Å². The summed E-state index contributed by atoms with van der Waals surface area (Å²) in [6.07, 6.45) is 0. The number of amides is 1. The first-order valence-corrected chi connectivity index (χ1v) is 8.41. The fourth-order valence-corrected chi connectivity index (χ4v) is 3.25. The minimum Gasteiger partial charge on any atom is -0.495 e. The number of nitrogens with zero attached hydrogens (tertiary/aromatic N) is 1. The van der Waals surface area contributed by atoms with Gasteiger partial charge in [0.25, 0.3) is 15.9 Å². The molecule has 0 spiro atoms. The number of methoxy groups -OCH3 is 1. The lowest BCUT2D eigenvalue weighted by atomic mass is 10.2. The minimum absolute atomic E-state index is 0.0308. The Kier molecular flexibility index (Phi) is 5.08. The molecule has 1 N–H and O–H groups in total. The minimum atomic E-state index is -4.04. The SMILES string of the molecule is COc1ccc(F)cc1S(=O)(=O)Nc1ccc(C(=O)N(C)C)cc1. The fourth-order valence-electron chi connectivity index (χ4n) is 2.01.